The Kier molecular flexibility index (Phi) is 4.33. The number of halogens is 2. The molecule has 0 spiro atoms. The molecule has 1 heterocycles. The SMILES string of the molecule is CCNC(Cc1cc(F)cc(F)c1)c1cnsn1. The van der Waals surface area contributed by atoms with Crippen LogP contribution in [0.15, 0.2) is 24.4 Å². The van der Waals surface area contributed by atoms with Crippen molar-refractivity contribution in [2.24, 2.45) is 0 Å². The van der Waals surface area contributed by atoms with Gasteiger partial charge in [-0.3, -0.25) is 0 Å². The van der Waals surface area contributed by atoms with E-state index in [0.29, 0.717) is 12.0 Å². The molecule has 1 unspecified atom stereocenters. The van der Waals surface area contributed by atoms with Gasteiger partial charge >= 0.3 is 0 Å². The molecule has 96 valence electrons. The fourth-order valence-electron chi connectivity index (χ4n) is 1.82. The molecule has 0 aliphatic rings. The summed E-state index contributed by atoms with van der Waals surface area (Å²) in [5.74, 6) is -1.12. The summed E-state index contributed by atoms with van der Waals surface area (Å²) in [6, 6.07) is 3.48. The van der Waals surface area contributed by atoms with E-state index in [9.17, 15) is 8.78 Å². The van der Waals surface area contributed by atoms with E-state index in [1.807, 2.05) is 6.92 Å². The first kappa shape index (κ1) is 13.0. The van der Waals surface area contributed by atoms with E-state index < -0.39 is 11.6 Å². The van der Waals surface area contributed by atoms with E-state index in [0.717, 1.165) is 30.0 Å². The molecule has 1 atom stereocenters. The fourth-order valence-corrected chi connectivity index (χ4v) is 2.29. The molecule has 6 heteroatoms. The molecule has 0 amide bonds. The first-order valence-electron chi connectivity index (χ1n) is 5.65. The summed E-state index contributed by atoms with van der Waals surface area (Å²) in [7, 11) is 0. The molecule has 0 saturated heterocycles. The van der Waals surface area contributed by atoms with Gasteiger partial charge in [-0.05, 0) is 30.7 Å². The van der Waals surface area contributed by atoms with Crippen molar-refractivity contribution < 1.29 is 8.78 Å². The molecule has 0 saturated carbocycles. The minimum atomic E-state index is -0.559. The molecule has 2 aromatic rings. The lowest BCUT2D eigenvalue weighted by Crippen LogP contribution is -2.23. The molecule has 0 bridgehead atoms. The Balaban J connectivity index is 2.18. The van der Waals surface area contributed by atoms with E-state index >= 15 is 0 Å². The standard InChI is InChI=1S/C12H13F2N3S/c1-2-15-11(12-7-16-18-17-12)5-8-3-9(13)6-10(14)4-8/h3-4,6-7,11,15H,2,5H2,1H3. The van der Waals surface area contributed by atoms with Gasteiger partial charge < -0.3 is 5.32 Å². The van der Waals surface area contributed by atoms with Gasteiger partial charge in [0.2, 0.25) is 0 Å². The van der Waals surface area contributed by atoms with Gasteiger partial charge in [0.25, 0.3) is 0 Å². The topological polar surface area (TPSA) is 37.8 Å². The van der Waals surface area contributed by atoms with E-state index in [2.05, 4.69) is 14.1 Å². The van der Waals surface area contributed by atoms with Crippen molar-refractivity contribution in [3.63, 3.8) is 0 Å². The van der Waals surface area contributed by atoms with Crippen LogP contribution in [-0.2, 0) is 6.42 Å². The van der Waals surface area contributed by atoms with E-state index in [-0.39, 0.29) is 6.04 Å². The van der Waals surface area contributed by atoms with Crippen LogP contribution in [0.3, 0.4) is 0 Å². The van der Waals surface area contributed by atoms with Crippen LogP contribution >= 0.6 is 11.7 Å². The summed E-state index contributed by atoms with van der Waals surface area (Å²) in [4.78, 5) is 0. The number of nitrogens with zero attached hydrogens (tertiary/aromatic N) is 2. The monoisotopic (exact) mass is 269 g/mol. The third-order valence-electron chi connectivity index (χ3n) is 2.55. The molecule has 2 rings (SSSR count). The predicted octanol–water partition coefficient (Wildman–Crippen LogP) is 2.71. The van der Waals surface area contributed by atoms with Crippen LogP contribution < -0.4 is 5.32 Å². The average Bonchev–Trinajstić information content (AvgIpc) is 2.80. The van der Waals surface area contributed by atoms with E-state index in [1.165, 1.54) is 12.1 Å². The Morgan fingerprint density at radius 3 is 2.56 bits per heavy atom. The zero-order valence-corrected chi connectivity index (χ0v) is 10.7. The minimum Gasteiger partial charge on any atom is -0.309 e. The van der Waals surface area contributed by atoms with E-state index in [4.69, 9.17) is 0 Å². The van der Waals surface area contributed by atoms with Gasteiger partial charge in [-0.2, -0.15) is 8.75 Å². The third kappa shape index (κ3) is 3.30. The normalized spacial score (nSPS) is 12.6. The van der Waals surface area contributed by atoms with Crippen molar-refractivity contribution in [2.45, 2.75) is 19.4 Å². The Bertz CT molecular complexity index is 482. The average molecular weight is 269 g/mol. The molecule has 18 heavy (non-hydrogen) atoms. The lowest BCUT2D eigenvalue weighted by atomic mass is 10.0. The van der Waals surface area contributed by atoms with Gasteiger partial charge in [0.15, 0.2) is 0 Å². The van der Waals surface area contributed by atoms with Crippen molar-refractivity contribution in [3.8, 4) is 0 Å². The lowest BCUT2D eigenvalue weighted by molar-refractivity contribution is 0.531. The van der Waals surface area contributed by atoms with Crippen molar-refractivity contribution in [3.05, 3.63) is 47.3 Å². The lowest BCUT2D eigenvalue weighted by Gasteiger charge is -2.15. The Morgan fingerprint density at radius 1 is 1.28 bits per heavy atom. The summed E-state index contributed by atoms with van der Waals surface area (Å²) >= 11 is 1.12. The number of benzene rings is 1. The van der Waals surface area contributed by atoms with Crippen LogP contribution in [0.5, 0.6) is 0 Å². The van der Waals surface area contributed by atoms with Crippen LogP contribution in [0.25, 0.3) is 0 Å². The summed E-state index contributed by atoms with van der Waals surface area (Å²) in [5, 5.41) is 3.23. The predicted molar refractivity (Wildman–Crippen MR) is 66.4 cm³/mol. The van der Waals surface area contributed by atoms with Crippen molar-refractivity contribution in [1.82, 2.24) is 14.1 Å². The second-order valence-electron chi connectivity index (χ2n) is 3.92. The Morgan fingerprint density at radius 2 is 2.00 bits per heavy atom. The second kappa shape index (κ2) is 5.97. The highest BCUT2D eigenvalue weighted by atomic mass is 32.1. The maximum Gasteiger partial charge on any atom is 0.126 e. The Hall–Kier alpha value is -1.40. The number of aromatic nitrogens is 2. The van der Waals surface area contributed by atoms with Crippen LogP contribution in [-0.4, -0.2) is 15.3 Å². The molecule has 0 aliphatic carbocycles. The summed E-state index contributed by atoms with van der Waals surface area (Å²) < 4.78 is 34.3. The summed E-state index contributed by atoms with van der Waals surface area (Å²) in [5.41, 5.74) is 1.40. The molecule has 1 aromatic carbocycles. The molecule has 0 aliphatic heterocycles. The first-order valence-corrected chi connectivity index (χ1v) is 6.38. The molecular weight excluding hydrogens is 256 g/mol. The van der Waals surface area contributed by atoms with Crippen molar-refractivity contribution in [1.29, 1.82) is 0 Å². The van der Waals surface area contributed by atoms with Crippen LogP contribution in [0, 0.1) is 11.6 Å². The maximum absolute atomic E-state index is 13.1. The van der Waals surface area contributed by atoms with Crippen LogP contribution in [0.2, 0.25) is 0 Å². The van der Waals surface area contributed by atoms with Gasteiger partial charge in [0.1, 0.15) is 11.6 Å². The van der Waals surface area contributed by atoms with Crippen molar-refractivity contribution >= 4 is 11.7 Å². The largest absolute Gasteiger partial charge is 0.309 e. The zero-order chi connectivity index (χ0) is 13.0. The highest BCUT2D eigenvalue weighted by Crippen LogP contribution is 2.18. The number of hydrogen-bond donors (Lipinski definition) is 1. The smallest absolute Gasteiger partial charge is 0.126 e. The van der Waals surface area contributed by atoms with Gasteiger partial charge in [-0.25, -0.2) is 8.78 Å². The fraction of sp³-hybridized carbons (Fsp3) is 0.333. The van der Waals surface area contributed by atoms with Gasteiger partial charge in [-0.1, -0.05) is 6.92 Å². The number of nitrogens with one attached hydrogen (secondary N) is 1. The highest BCUT2D eigenvalue weighted by molar-refractivity contribution is 6.99. The van der Waals surface area contributed by atoms with E-state index in [1.54, 1.807) is 6.20 Å². The molecule has 0 fully saturated rings. The quantitative estimate of drug-likeness (QED) is 0.907. The minimum absolute atomic E-state index is 0.0741. The number of rotatable bonds is 5. The summed E-state index contributed by atoms with van der Waals surface area (Å²) in [6.07, 6.45) is 2.15. The molecule has 1 N–H and O–H groups in total. The highest BCUT2D eigenvalue weighted by Gasteiger charge is 2.14. The number of hydrogen-bond acceptors (Lipinski definition) is 4. The first-order chi connectivity index (χ1) is 8.69. The van der Waals surface area contributed by atoms with Gasteiger partial charge in [0.05, 0.1) is 29.7 Å². The Labute approximate surface area is 108 Å². The van der Waals surface area contributed by atoms with Crippen LogP contribution in [0.4, 0.5) is 8.78 Å². The maximum atomic E-state index is 13.1. The molecule has 1 aromatic heterocycles. The molecular formula is C12H13F2N3S. The third-order valence-corrected chi connectivity index (χ3v) is 3.04. The second-order valence-corrected chi connectivity index (χ2v) is 4.48. The van der Waals surface area contributed by atoms with Gasteiger partial charge in [-0.15, -0.1) is 0 Å². The summed E-state index contributed by atoms with van der Waals surface area (Å²) in [6.45, 7) is 2.72. The molecule has 0 radical (unpaired) electrons. The zero-order valence-electron chi connectivity index (χ0n) is 9.86. The molecule has 3 nitrogen and oxygen atoms in total. The van der Waals surface area contributed by atoms with Crippen molar-refractivity contribution in [2.75, 3.05) is 6.54 Å². The number of likely N-dealkylation sites (N-methyl/N-ethyl adjacent to an activating group) is 1. The van der Waals surface area contributed by atoms with Crippen LogP contribution in [0.1, 0.15) is 24.2 Å². The van der Waals surface area contributed by atoms with Gasteiger partial charge in [0, 0.05) is 6.07 Å².